The van der Waals surface area contributed by atoms with Crippen LogP contribution in [0.3, 0.4) is 0 Å². The van der Waals surface area contributed by atoms with Crippen molar-refractivity contribution in [1.82, 2.24) is 19.8 Å². The zero-order valence-corrected chi connectivity index (χ0v) is 14.0. The van der Waals surface area contributed by atoms with Crippen LogP contribution in [0.2, 0.25) is 0 Å². The van der Waals surface area contributed by atoms with E-state index >= 15 is 0 Å². The van der Waals surface area contributed by atoms with Gasteiger partial charge in [-0.3, -0.25) is 0 Å². The second-order valence-electron chi connectivity index (χ2n) is 6.89. The number of amides is 2. The highest BCUT2D eigenvalue weighted by molar-refractivity contribution is 5.76. The Kier molecular flexibility index (Phi) is 4.04. The van der Waals surface area contributed by atoms with Crippen LogP contribution in [0.5, 0.6) is 0 Å². The van der Waals surface area contributed by atoms with Gasteiger partial charge in [-0.05, 0) is 51.2 Å². The van der Waals surface area contributed by atoms with Crippen molar-refractivity contribution in [2.75, 3.05) is 0 Å². The molecule has 2 amide bonds. The van der Waals surface area contributed by atoms with Gasteiger partial charge in [0.25, 0.3) is 0 Å². The Hall–Kier alpha value is -2.24. The summed E-state index contributed by atoms with van der Waals surface area (Å²) in [5.41, 5.74) is 0. The van der Waals surface area contributed by atoms with Crippen LogP contribution in [-0.2, 0) is 0 Å². The zero-order chi connectivity index (χ0) is 16.5. The normalized spacial score (nSPS) is 24.7. The summed E-state index contributed by atoms with van der Waals surface area (Å²) < 4.78 is 7.64. The van der Waals surface area contributed by atoms with Gasteiger partial charge in [0, 0.05) is 18.4 Å². The Morgan fingerprint density at radius 1 is 1.42 bits per heavy atom. The van der Waals surface area contributed by atoms with Crippen molar-refractivity contribution >= 4 is 6.03 Å². The van der Waals surface area contributed by atoms with E-state index < -0.39 is 0 Å². The van der Waals surface area contributed by atoms with Crippen molar-refractivity contribution in [3.8, 4) is 0 Å². The number of carbonyl (C=O) groups is 1. The van der Waals surface area contributed by atoms with E-state index in [1.165, 1.54) is 0 Å². The molecule has 0 aromatic carbocycles. The summed E-state index contributed by atoms with van der Waals surface area (Å²) in [4.78, 5) is 19.1. The van der Waals surface area contributed by atoms with Crippen molar-refractivity contribution in [2.45, 2.75) is 63.2 Å². The van der Waals surface area contributed by atoms with Gasteiger partial charge in [0.15, 0.2) is 0 Å². The second-order valence-corrected chi connectivity index (χ2v) is 6.89. The average molecular weight is 328 g/mol. The summed E-state index contributed by atoms with van der Waals surface area (Å²) in [7, 11) is 0. The standard InChI is InChI=1S/C18H24N4O2/c1-13(17-6-3-11-24-17)22(14-7-8-14)18(23)20-15-4-2-5-16(15)21-10-9-19-12-21/h3,6,9-16H,2,4-5,7-8H2,1H3,(H,20,23)/t13-,15+,16+/m1/s1. The molecule has 0 unspecified atom stereocenters. The minimum atomic E-state index is -0.0411. The molecule has 2 aliphatic carbocycles. The molecule has 2 aromatic heterocycles. The van der Waals surface area contributed by atoms with Crippen LogP contribution < -0.4 is 5.32 Å². The number of hydrogen-bond donors (Lipinski definition) is 1. The molecule has 1 N–H and O–H groups in total. The van der Waals surface area contributed by atoms with Crippen molar-refractivity contribution < 1.29 is 9.21 Å². The lowest BCUT2D eigenvalue weighted by Gasteiger charge is -2.31. The molecule has 0 spiro atoms. The fourth-order valence-electron chi connectivity index (χ4n) is 3.84. The highest BCUT2D eigenvalue weighted by atomic mass is 16.3. The molecule has 6 nitrogen and oxygen atoms in total. The Morgan fingerprint density at radius 2 is 2.29 bits per heavy atom. The van der Waals surface area contributed by atoms with Gasteiger partial charge in [0.1, 0.15) is 5.76 Å². The number of aromatic nitrogens is 2. The molecule has 3 atom stereocenters. The molecule has 24 heavy (non-hydrogen) atoms. The minimum Gasteiger partial charge on any atom is -0.467 e. The molecule has 2 aromatic rings. The topological polar surface area (TPSA) is 63.3 Å². The summed E-state index contributed by atoms with van der Waals surface area (Å²) in [5.74, 6) is 0.842. The molecule has 6 heteroatoms. The van der Waals surface area contributed by atoms with E-state index in [1.807, 2.05) is 36.5 Å². The largest absolute Gasteiger partial charge is 0.467 e. The van der Waals surface area contributed by atoms with Gasteiger partial charge in [0.05, 0.1) is 30.7 Å². The minimum absolute atomic E-state index is 0.0263. The first-order valence-electron chi connectivity index (χ1n) is 8.83. The van der Waals surface area contributed by atoms with Crippen LogP contribution in [0.4, 0.5) is 4.79 Å². The summed E-state index contributed by atoms with van der Waals surface area (Å²) in [5, 5.41) is 3.28. The molecule has 2 saturated carbocycles. The Labute approximate surface area is 141 Å². The SMILES string of the molecule is C[C@H](c1ccco1)N(C(=O)N[C@H]1CCC[C@@H]1n1ccnc1)C1CC1. The van der Waals surface area contributed by atoms with Gasteiger partial charge in [-0.15, -0.1) is 0 Å². The molecular formula is C18H24N4O2. The Bertz CT molecular complexity index is 663. The number of urea groups is 1. The van der Waals surface area contributed by atoms with Gasteiger partial charge >= 0.3 is 6.03 Å². The van der Waals surface area contributed by atoms with E-state index in [9.17, 15) is 4.79 Å². The van der Waals surface area contributed by atoms with Crippen LogP contribution in [0.1, 0.15) is 56.9 Å². The van der Waals surface area contributed by atoms with Gasteiger partial charge in [0.2, 0.25) is 0 Å². The molecule has 0 saturated heterocycles. The molecule has 2 fully saturated rings. The predicted molar refractivity (Wildman–Crippen MR) is 89.4 cm³/mol. The third-order valence-corrected chi connectivity index (χ3v) is 5.24. The fourth-order valence-corrected chi connectivity index (χ4v) is 3.84. The van der Waals surface area contributed by atoms with Crippen LogP contribution in [0.25, 0.3) is 0 Å². The predicted octanol–water partition coefficient (Wildman–Crippen LogP) is 3.50. The lowest BCUT2D eigenvalue weighted by atomic mass is 10.1. The van der Waals surface area contributed by atoms with Crippen molar-refractivity contribution in [3.05, 3.63) is 42.9 Å². The maximum absolute atomic E-state index is 13.0. The Balaban J connectivity index is 1.47. The van der Waals surface area contributed by atoms with Gasteiger partial charge in [-0.25, -0.2) is 9.78 Å². The van der Waals surface area contributed by atoms with E-state index in [0.29, 0.717) is 12.1 Å². The van der Waals surface area contributed by atoms with E-state index in [2.05, 4.69) is 14.9 Å². The van der Waals surface area contributed by atoms with Crippen LogP contribution in [0.15, 0.2) is 41.5 Å². The Morgan fingerprint density at radius 3 is 2.96 bits per heavy atom. The maximum Gasteiger partial charge on any atom is 0.318 e. The van der Waals surface area contributed by atoms with Crippen molar-refractivity contribution in [2.24, 2.45) is 0 Å². The molecule has 0 bridgehead atoms. The van der Waals surface area contributed by atoms with E-state index in [4.69, 9.17) is 4.42 Å². The maximum atomic E-state index is 13.0. The summed E-state index contributed by atoms with van der Waals surface area (Å²) in [6, 6.07) is 4.60. The third kappa shape index (κ3) is 2.92. The fraction of sp³-hybridized carbons (Fsp3) is 0.556. The summed E-state index contributed by atoms with van der Waals surface area (Å²) >= 11 is 0. The number of carbonyl (C=O) groups excluding carboxylic acids is 1. The van der Waals surface area contributed by atoms with Gasteiger partial charge in [-0.2, -0.15) is 0 Å². The molecular weight excluding hydrogens is 304 g/mol. The molecule has 4 rings (SSSR count). The van der Waals surface area contributed by atoms with E-state index in [-0.39, 0.29) is 18.1 Å². The lowest BCUT2D eigenvalue weighted by Crippen LogP contribution is -2.48. The zero-order valence-electron chi connectivity index (χ0n) is 14.0. The average Bonchev–Trinajstić information content (AvgIpc) is 3.07. The van der Waals surface area contributed by atoms with Gasteiger partial charge < -0.3 is 19.2 Å². The van der Waals surface area contributed by atoms with Crippen molar-refractivity contribution in [3.63, 3.8) is 0 Å². The lowest BCUT2D eigenvalue weighted by molar-refractivity contribution is 0.160. The van der Waals surface area contributed by atoms with Crippen molar-refractivity contribution in [1.29, 1.82) is 0 Å². The number of nitrogens with zero attached hydrogens (tertiary/aromatic N) is 3. The monoisotopic (exact) mass is 328 g/mol. The number of furan rings is 1. The first kappa shape index (κ1) is 15.3. The van der Waals surface area contributed by atoms with Crippen LogP contribution >= 0.6 is 0 Å². The van der Waals surface area contributed by atoms with E-state index in [1.54, 1.807) is 12.5 Å². The molecule has 128 valence electrons. The summed E-state index contributed by atoms with van der Waals surface area (Å²) in [6.07, 6.45) is 12.7. The first-order chi connectivity index (χ1) is 11.7. The number of rotatable bonds is 5. The highest BCUT2D eigenvalue weighted by Crippen LogP contribution is 2.36. The highest BCUT2D eigenvalue weighted by Gasteiger charge is 2.39. The third-order valence-electron chi connectivity index (χ3n) is 5.24. The van der Waals surface area contributed by atoms with E-state index in [0.717, 1.165) is 37.9 Å². The molecule has 0 radical (unpaired) electrons. The van der Waals surface area contributed by atoms with Crippen LogP contribution in [-0.4, -0.2) is 32.6 Å². The van der Waals surface area contributed by atoms with Crippen LogP contribution in [0, 0.1) is 0 Å². The number of hydrogen-bond acceptors (Lipinski definition) is 3. The second kappa shape index (κ2) is 6.34. The smallest absolute Gasteiger partial charge is 0.318 e. The summed E-state index contributed by atoms with van der Waals surface area (Å²) in [6.45, 7) is 2.04. The number of nitrogens with one attached hydrogen (secondary N) is 1. The molecule has 2 heterocycles. The number of imidazole rings is 1. The quantitative estimate of drug-likeness (QED) is 0.913. The first-order valence-corrected chi connectivity index (χ1v) is 8.83. The molecule has 0 aliphatic heterocycles. The van der Waals surface area contributed by atoms with Gasteiger partial charge in [-0.1, -0.05) is 0 Å². The molecule has 2 aliphatic rings.